The molecule has 0 spiro atoms. The van der Waals surface area contributed by atoms with E-state index in [2.05, 4.69) is 9.99 Å². The molecule has 18 heavy (non-hydrogen) atoms. The summed E-state index contributed by atoms with van der Waals surface area (Å²) in [5, 5.41) is 14.2. The molecule has 5 heteroatoms. The molecule has 1 heterocycles. The summed E-state index contributed by atoms with van der Waals surface area (Å²) in [7, 11) is 1.90. The van der Waals surface area contributed by atoms with Gasteiger partial charge in [0.1, 0.15) is 5.75 Å². The zero-order chi connectivity index (χ0) is 13.3. The molecule has 0 atom stereocenters. The maximum atomic E-state index is 10.7. The van der Waals surface area contributed by atoms with Gasteiger partial charge in [0.2, 0.25) is 0 Å². The fraction of sp³-hybridized carbons (Fsp3) is 0.231. The van der Waals surface area contributed by atoms with E-state index in [1.54, 1.807) is 19.1 Å². The van der Waals surface area contributed by atoms with E-state index in [0.717, 1.165) is 16.5 Å². The summed E-state index contributed by atoms with van der Waals surface area (Å²) >= 11 is 0. The van der Waals surface area contributed by atoms with Crippen LogP contribution in [0.3, 0.4) is 0 Å². The van der Waals surface area contributed by atoms with Crippen LogP contribution < -0.4 is 0 Å². The summed E-state index contributed by atoms with van der Waals surface area (Å²) in [6.07, 6.45) is 1.88. The predicted molar refractivity (Wildman–Crippen MR) is 68.6 cm³/mol. The lowest BCUT2D eigenvalue weighted by Gasteiger charge is -1.99. The number of carbonyl (C=O) groups excluding carboxylic acids is 1. The summed E-state index contributed by atoms with van der Waals surface area (Å²) in [5.74, 6) is -0.271. The van der Waals surface area contributed by atoms with E-state index in [4.69, 9.17) is 0 Å². The summed E-state index contributed by atoms with van der Waals surface area (Å²) in [5.41, 5.74) is 2.38. The Hall–Kier alpha value is -2.30. The highest BCUT2D eigenvalue weighted by molar-refractivity contribution is 6.09. The third-order valence-electron chi connectivity index (χ3n) is 2.67. The van der Waals surface area contributed by atoms with Gasteiger partial charge in [-0.2, -0.15) is 0 Å². The minimum absolute atomic E-state index is 0.190. The van der Waals surface area contributed by atoms with Crippen molar-refractivity contribution in [3.8, 4) is 5.75 Å². The fourth-order valence-corrected chi connectivity index (χ4v) is 1.85. The van der Waals surface area contributed by atoms with Gasteiger partial charge < -0.3 is 14.5 Å². The maximum Gasteiger partial charge on any atom is 0.331 e. The van der Waals surface area contributed by atoms with Crippen molar-refractivity contribution in [2.24, 2.45) is 12.2 Å². The first-order chi connectivity index (χ1) is 8.49. The molecule has 0 aliphatic rings. The van der Waals surface area contributed by atoms with E-state index in [-0.39, 0.29) is 5.75 Å². The first-order valence-corrected chi connectivity index (χ1v) is 5.49. The molecule has 1 aromatic carbocycles. The summed E-state index contributed by atoms with van der Waals surface area (Å²) < 4.78 is 1.93. The van der Waals surface area contributed by atoms with Crippen molar-refractivity contribution < 1.29 is 14.7 Å². The molecular weight excluding hydrogens is 232 g/mol. The van der Waals surface area contributed by atoms with Gasteiger partial charge in [-0.25, -0.2) is 4.79 Å². The minimum atomic E-state index is -0.461. The molecule has 1 N–H and O–H groups in total. The third kappa shape index (κ3) is 2.20. The molecular formula is C13H14N2O3. The Morgan fingerprint density at radius 3 is 2.78 bits per heavy atom. The SMILES string of the molecule is CC(=O)O/N=C(\C)c1cn(C)c2ccc(O)cc12. The van der Waals surface area contributed by atoms with Gasteiger partial charge in [0, 0.05) is 36.6 Å². The van der Waals surface area contributed by atoms with Crippen molar-refractivity contribution in [3.63, 3.8) is 0 Å². The molecule has 2 aromatic rings. The van der Waals surface area contributed by atoms with Crippen LogP contribution in [0, 0.1) is 0 Å². The Morgan fingerprint density at radius 1 is 1.39 bits per heavy atom. The van der Waals surface area contributed by atoms with E-state index in [0.29, 0.717) is 5.71 Å². The van der Waals surface area contributed by atoms with E-state index >= 15 is 0 Å². The van der Waals surface area contributed by atoms with Gasteiger partial charge in [0.05, 0.1) is 5.71 Å². The third-order valence-corrected chi connectivity index (χ3v) is 2.67. The van der Waals surface area contributed by atoms with Crippen LogP contribution in [0.15, 0.2) is 29.6 Å². The second kappa shape index (κ2) is 4.52. The van der Waals surface area contributed by atoms with Crippen molar-refractivity contribution in [2.45, 2.75) is 13.8 Å². The van der Waals surface area contributed by atoms with Gasteiger partial charge in [0.15, 0.2) is 0 Å². The number of hydrogen-bond donors (Lipinski definition) is 1. The van der Waals surface area contributed by atoms with Crippen LogP contribution in [0.4, 0.5) is 0 Å². The van der Waals surface area contributed by atoms with E-state index in [9.17, 15) is 9.90 Å². The van der Waals surface area contributed by atoms with Crippen LogP contribution in [0.2, 0.25) is 0 Å². The maximum absolute atomic E-state index is 10.7. The molecule has 0 unspecified atom stereocenters. The number of aromatic hydroxyl groups is 1. The first kappa shape index (κ1) is 12.2. The van der Waals surface area contributed by atoms with Gasteiger partial charge in [0.25, 0.3) is 0 Å². The highest BCUT2D eigenvalue weighted by Gasteiger charge is 2.10. The van der Waals surface area contributed by atoms with Crippen LogP contribution in [0.1, 0.15) is 19.4 Å². The molecule has 0 saturated heterocycles. The smallest absolute Gasteiger partial charge is 0.331 e. The molecule has 0 saturated carbocycles. The molecule has 0 radical (unpaired) electrons. The van der Waals surface area contributed by atoms with Gasteiger partial charge in [-0.15, -0.1) is 0 Å². The number of hydrogen-bond acceptors (Lipinski definition) is 4. The second-order valence-corrected chi connectivity index (χ2v) is 4.11. The highest BCUT2D eigenvalue weighted by atomic mass is 16.7. The number of aromatic nitrogens is 1. The average Bonchev–Trinajstić information content (AvgIpc) is 2.63. The lowest BCUT2D eigenvalue weighted by atomic mass is 10.1. The van der Waals surface area contributed by atoms with Crippen LogP contribution in [0.25, 0.3) is 10.9 Å². The van der Waals surface area contributed by atoms with Gasteiger partial charge in [-0.05, 0) is 25.1 Å². The molecule has 0 fully saturated rings. The number of phenols is 1. The number of phenolic OH excluding ortho intramolecular Hbond substituents is 1. The average molecular weight is 246 g/mol. The molecule has 0 aliphatic carbocycles. The number of rotatable bonds is 2. The Bertz CT molecular complexity index is 641. The summed E-state index contributed by atoms with van der Waals surface area (Å²) in [6.45, 7) is 3.05. The number of nitrogens with zero attached hydrogens (tertiary/aromatic N) is 2. The number of carbonyl (C=O) groups is 1. The molecule has 2 rings (SSSR count). The Morgan fingerprint density at radius 2 is 2.11 bits per heavy atom. The van der Waals surface area contributed by atoms with Crippen molar-refractivity contribution in [3.05, 3.63) is 30.0 Å². The van der Waals surface area contributed by atoms with Crippen LogP contribution in [-0.4, -0.2) is 21.4 Å². The van der Waals surface area contributed by atoms with Crippen LogP contribution in [-0.2, 0) is 16.7 Å². The number of aryl methyl sites for hydroxylation is 1. The quantitative estimate of drug-likeness (QED) is 0.501. The van der Waals surface area contributed by atoms with Crippen molar-refractivity contribution in [2.75, 3.05) is 0 Å². The number of benzene rings is 1. The largest absolute Gasteiger partial charge is 0.508 e. The lowest BCUT2D eigenvalue weighted by molar-refractivity contribution is -0.140. The molecule has 1 aromatic heterocycles. The number of oxime groups is 1. The highest BCUT2D eigenvalue weighted by Crippen LogP contribution is 2.25. The summed E-state index contributed by atoms with van der Waals surface area (Å²) in [6, 6.07) is 5.12. The fourth-order valence-electron chi connectivity index (χ4n) is 1.85. The van der Waals surface area contributed by atoms with Crippen LogP contribution in [0.5, 0.6) is 5.75 Å². The monoisotopic (exact) mass is 246 g/mol. The molecule has 94 valence electrons. The lowest BCUT2D eigenvalue weighted by Crippen LogP contribution is -1.98. The van der Waals surface area contributed by atoms with E-state index in [1.807, 2.05) is 23.9 Å². The topological polar surface area (TPSA) is 63.8 Å². The van der Waals surface area contributed by atoms with E-state index in [1.165, 1.54) is 6.92 Å². The van der Waals surface area contributed by atoms with Crippen LogP contribution >= 0.6 is 0 Å². The summed E-state index contributed by atoms with van der Waals surface area (Å²) in [4.78, 5) is 15.4. The predicted octanol–water partition coefficient (Wildman–Crippen LogP) is 2.17. The Labute approximate surface area is 104 Å². The molecule has 0 amide bonds. The molecule has 5 nitrogen and oxygen atoms in total. The zero-order valence-corrected chi connectivity index (χ0v) is 10.5. The zero-order valence-electron chi connectivity index (χ0n) is 10.5. The second-order valence-electron chi connectivity index (χ2n) is 4.11. The van der Waals surface area contributed by atoms with E-state index < -0.39 is 5.97 Å². The Kier molecular flexibility index (Phi) is 3.06. The normalized spacial score (nSPS) is 11.8. The van der Waals surface area contributed by atoms with Crippen molar-refractivity contribution in [1.82, 2.24) is 4.57 Å². The van der Waals surface area contributed by atoms with Gasteiger partial charge in [-0.1, -0.05) is 5.16 Å². The van der Waals surface area contributed by atoms with Gasteiger partial charge >= 0.3 is 5.97 Å². The van der Waals surface area contributed by atoms with Crippen molar-refractivity contribution >= 4 is 22.6 Å². The minimum Gasteiger partial charge on any atom is -0.508 e. The Balaban J connectivity index is 2.54. The molecule has 0 aliphatic heterocycles. The van der Waals surface area contributed by atoms with Gasteiger partial charge in [-0.3, -0.25) is 0 Å². The van der Waals surface area contributed by atoms with Crippen molar-refractivity contribution in [1.29, 1.82) is 0 Å². The standard InChI is InChI=1S/C13H14N2O3/c1-8(14-18-9(2)16)12-7-15(3)13-5-4-10(17)6-11(12)13/h4-7,17H,1-3H3/b14-8+. The first-order valence-electron chi connectivity index (χ1n) is 5.49. The molecule has 0 bridgehead atoms. The number of fused-ring (bicyclic) bond motifs is 1.